The van der Waals surface area contributed by atoms with Gasteiger partial charge in [0.2, 0.25) is 11.8 Å². The van der Waals surface area contributed by atoms with Crippen molar-refractivity contribution in [3.63, 3.8) is 0 Å². The third kappa shape index (κ3) is 2.63. The van der Waals surface area contributed by atoms with Crippen molar-refractivity contribution in [2.75, 3.05) is 20.6 Å². The summed E-state index contributed by atoms with van der Waals surface area (Å²) in [5, 5.41) is 12.8. The lowest BCUT2D eigenvalue weighted by Gasteiger charge is -2.37. The van der Waals surface area contributed by atoms with Gasteiger partial charge in [-0.2, -0.15) is 0 Å². The van der Waals surface area contributed by atoms with Crippen LogP contribution in [0.15, 0.2) is 10.6 Å². The third-order valence-electron chi connectivity index (χ3n) is 4.77. The van der Waals surface area contributed by atoms with Crippen LogP contribution in [0, 0.1) is 5.92 Å². The molecule has 0 bridgehead atoms. The second-order valence-electron chi connectivity index (χ2n) is 6.51. The van der Waals surface area contributed by atoms with Crippen LogP contribution in [0.5, 0.6) is 0 Å². The van der Waals surface area contributed by atoms with Crippen molar-refractivity contribution in [1.29, 1.82) is 0 Å². The van der Waals surface area contributed by atoms with Crippen molar-refractivity contribution in [3.05, 3.63) is 10.6 Å². The highest BCUT2D eigenvalue weighted by molar-refractivity contribution is 8.03. The lowest BCUT2D eigenvalue weighted by Crippen LogP contribution is -2.51. The van der Waals surface area contributed by atoms with E-state index in [1.54, 1.807) is 19.0 Å². The molecule has 0 radical (unpaired) electrons. The van der Waals surface area contributed by atoms with E-state index in [-0.39, 0.29) is 40.8 Å². The Balaban J connectivity index is 1.74. The number of amides is 2. The zero-order chi connectivity index (χ0) is 16.9. The number of nitrogens with one attached hydrogen (secondary N) is 1. The summed E-state index contributed by atoms with van der Waals surface area (Å²) in [6, 6.07) is -0.226. The molecule has 3 aliphatic rings. The maximum absolute atomic E-state index is 12.0. The number of fused-ring (bicyclic) bond motifs is 1. The molecule has 4 atom stereocenters. The molecule has 0 aromatic carbocycles. The Hall–Kier alpha value is -1.54. The number of carboxylic acid groups (broad SMARTS) is 1. The van der Waals surface area contributed by atoms with Crippen LogP contribution in [0.2, 0.25) is 0 Å². The maximum atomic E-state index is 12.0. The normalized spacial score (nSPS) is 32.8. The number of nitrogens with zero attached hydrogens (tertiary/aromatic N) is 2. The molecular formula is C15H21N3O4S. The summed E-state index contributed by atoms with van der Waals surface area (Å²) < 4.78 is 0. The first-order valence-corrected chi connectivity index (χ1v) is 8.60. The number of carboxylic acids is 1. The van der Waals surface area contributed by atoms with Crippen molar-refractivity contribution >= 4 is 29.5 Å². The summed E-state index contributed by atoms with van der Waals surface area (Å²) in [5.41, 5.74) is 0.145. The topological polar surface area (TPSA) is 89.9 Å². The SMILES string of the molecule is CC1C(S[C@@H]2CN[C@H](C(=O)N(C)C)C2)=C(C(=O)O)N2C(=O)CC12. The molecule has 0 spiro atoms. The molecule has 0 aromatic rings. The fourth-order valence-corrected chi connectivity index (χ4v) is 4.98. The van der Waals surface area contributed by atoms with Crippen molar-refractivity contribution in [2.24, 2.45) is 5.92 Å². The molecule has 7 nitrogen and oxygen atoms in total. The third-order valence-corrected chi connectivity index (χ3v) is 6.29. The predicted molar refractivity (Wildman–Crippen MR) is 85.6 cm³/mol. The summed E-state index contributed by atoms with van der Waals surface area (Å²) in [6.07, 6.45) is 1.09. The lowest BCUT2D eigenvalue weighted by atomic mass is 9.94. The van der Waals surface area contributed by atoms with Gasteiger partial charge >= 0.3 is 5.97 Å². The molecule has 8 heteroatoms. The fraction of sp³-hybridized carbons (Fsp3) is 0.667. The van der Waals surface area contributed by atoms with E-state index in [9.17, 15) is 19.5 Å². The van der Waals surface area contributed by atoms with E-state index >= 15 is 0 Å². The van der Waals surface area contributed by atoms with Crippen LogP contribution in [0.1, 0.15) is 19.8 Å². The summed E-state index contributed by atoms with van der Waals surface area (Å²) in [4.78, 5) is 39.1. The number of β-lactam (4-membered cyclic amide) rings is 1. The second-order valence-corrected chi connectivity index (χ2v) is 7.85. The Morgan fingerprint density at radius 2 is 2.09 bits per heavy atom. The van der Waals surface area contributed by atoms with E-state index in [4.69, 9.17) is 0 Å². The quantitative estimate of drug-likeness (QED) is 0.706. The van der Waals surface area contributed by atoms with Gasteiger partial charge in [-0.25, -0.2) is 4.79 Å². The van der Waals surface area contributed by atoms with Gasteiger partial charge in [0.1, 0.15) is 5.70 Å². The molecule has 0 saturated carbocycles. The summed E-state index contributed by atoms with van der Waals surface area (Å²) in [7, 11) is 3.45. The molecule has 2 saturated heterocycles. The predicted octanol–water partition coefficient (Wildman–Crippen LogP) is 0.0851. The molecule has 2 amide bonds. The van der Waals surface area contributed by atoms with E-state index in [0.717, 1.165) is 4.91 Å². The van der Waals surface area contributed by atoms with Crippen LogP contribution >= 0.6 is 11.8 Å². The molecule has 23 heavy (non-hydrogen) atoms. The Bertz CT molecular complexity index is 604. The van der Waals surface area contributed by atoms with Gasteiger partial charge in [0.05, 0.1) is 12.1 Å². The van der Waals surface area contributed by atoms with E-state index in [1.807, 2.05) is 6.92 Å². The molecule has 0 aliphatic carbocycles. The number of carbonyl (C=O) groups excluding carboxylic acids is 2. The van der Waals surface area contributed by atoms with Gasteiger partial charge in [-0.1, -0.05) is 6.92 Å². The van der Waals surface area contributed by atoms with E-state index in [2.05, 4.69) is 5.32 Å². The monoisotopic (exact) mass is 339 g/mol. The standard InChI is InChI=1S/C15H21N3O4S/c1-7-10-5-11(19)18(10)12(15(21)22)13(7)23-8-4-9(16-6-8)14(20)17(2)3/h7-10,16H,4-6H2,1-3H3,(H,21,22)/t7?,8-,9-,10?/m0/s1. The van der Waals surface area contributed by atoms with E-state index < -0.39 is 5.97 Å². The van der Waals surface area contributed by atoms with Gasteiger partial charge in [-0.05, 0) is 6.42 Å². The van der Waals surface area contributed by atoms with Crippen molar-refractivity contribution in [2.45, 2.75) is 37.1 Å². The van der Waals surface area contributed by atoms with Crippen LogP contribution in [-0.4, -0.2) is 70.7 Å². The number of likely N-dealkylation sites (N-methyl/N-ethyl adjacent to an activating group) is 1. The van der Waals surface area contributed by atoms with Gasteiger partial charge < -0.3 is 20.2 Å². The Kier molecular flexibility index (Phi) is 4.14. The van der Waals surface area contributed by atoms with Crippen LogP contribution in [-0.2, 0) is 14.4 Å². The molecule has 2 fully saturated rings. The summed E-state index contributed by atoms with van der Waals surface area (Å²) in [6.45, 7) is 2.64. The van der Waals surface area contributed by atoms with Crippen LogP contribution in [0.4, 0.5) is 0 Å². The number of rotatable bonds is 4. The molecule has 2 unspecified atom stereocenters. The molecule has 0 aromatic heterocycles. The maximum Gasteiger partial charge on any atom is 0.353 e. The molecule has 126 valence electrons. The fourth-order valence-electron chi connectivity index (χ4n) is 3.49. The highest BCUT2D eigenvalue weighted by atomic mass is 32.2. The highest BCUT2D eigenvalue weighted by Gasteiger charge is 2.52. The molecule has 2 N–H and O–H groups in total. The zero-order valence-electron chi connectivity index (χ0n) is 13.4. The number of hydrogen-bond donors (Lipinski definition) is 2. The van der Waals surface area contributed by atoms with Crippen LogP contribution in [0.25, 0.3) is 0 Å². The first-order chi connectivity index (χ1) is 10.8. The number of hydrogen-bond acceptors (Lipinski definition) is 5. The smallest absolute Gasteiger partial charge is 0.353 e. The van der Waals surface area contributed by atoms with E-state index in [0.29, 0.717) is 19.4 Å². The number of aliphatic carboxylic acids is 1. The van der Waals surface area contributed by atoms with Gasteiger partial charge in [-0.15, -0.1) is 11.8 Å². The van der Waals surface area contributed by atoms with Crippen molar-refractivity contribution in [1.82, 2.24) is 15.1 Å². The first-order valence-electron chi connectivity index (χ1n) is 7.72. The Morgan fingerprint density at radius 1 is 1.39 bits per heavy atom. The molecular weight excluding hydrogens is 318 g/mol. The molecule has 3 heterocycles. The Labute approximate surface area is 139 Å². The van der Waals surface area contributed by atoms with Crippen molar-refractivity contribution < 1.29 is 19.5 Å². The summed E-state index contributed by atoms with van der Waals surface area (Å²) >= 11 is 1.51. The van der Waals surface area contributed by atoms with Gasteiger partial charge in [-0.3, -0.25) is 9.59 Å². The first kappa shape index (κ1) is 16.3. The van der Waals surface area contributed by atoms with Crippen LogP contribution in [0.3, 0.4) is 0 Å². The number of carbonyl (C=O) groups is 3. The van der Waals surface area contributed by atoms with Gasteiger partial charge in [0.15, 0.2) is 0 Å². The Morgan fingerprint density at radius 3 is 2.65 bits per heavy atom. The van der Waals surface area contributed by atoms with E-state index in [1.165, 1.54) is 16.7 Å². The number of thioether (sulfide) groups is 1. The van der Waals surface area contributed by atoms with Crippen LogP contribution < -0.4 is 5.32 Å². The molecule has 3 aliphatic heterocycles. The van der Waals surface area contributed by atoms with Gasteiger partial charge in [0, 0.05) is 43.1 Å². The minimum absolute atomic E-state index is 0.00957. The molecule has 3 rings (SSSR count). The minimum Gasteiger partial charge on any atom is -0.477 e. The summed E-state index contributed by atoms with van der Waals surface area (Å²) in [5.74, 6) is -1.06. The average Bonchev–Trinajstić information content (AvgIpc) is 3.02. The minimum atomic E-state index is -1.04. The average molecular weight is 339 g/mol. The largest absolute Gasteiger partial charge is 0.477 e. The zero-order valence-corrected chi connectivity index (χ0v) is 14.2. The van der Waals surface area contributed by atoms with Crippen molar-refractivity contribution in [3.8, 4) is 0 Å². The highest BCUT2D eigenvalue weighted by Crippen LogP contribution is 2.48. The second kappa shape index (κ2) is 5.83. The van der Waals surface area contributed by atoms with Gasteiger partial charge in [0.25, 0.3) is 0 Å². The lowest BCUT2D eigenvalue weighted by molar-refractivity contribution is -0.148.